The van der Waals surface area contributed by atoms with Gasteiger partial charge >= 0.3 is 60.6 Å². The van der Waals surface area contributed by atoms with Crippen LogP contribution in [0.4, 0.5) is 0 Å². The maximum atomic E-state index is 2.30. The first-order valence-electron chi connectivity index (χ1n) is 2.76. The van der Waals surface area contributed by atoms with Gasteiger partial charge in [0.25, 0.3) is 0 Å². The molecule has 0 fully saturated rings. The van der Waals surface area contributed by atoms with Crippen LogP contribution in [0, 0.1) is 0 Å². The molecule has 0 aliphatic heterocycles. The molecule has 44 valence electrons. The summed E-state index contributed by atoms with van der Waals surface area (Å²) >= 11 is 0.719. The molecule has 9 heavy (non-hydrogen) atoms. The fourth-order valence-corrected chi connectivity index (χ4v) is 4.92. The first-order valence-corrected chi connectivity index (χ1v) is 6.80. The molecular weight excluding hydrogens is 194 g/mol. The van der Waals surface area contributed by atoms with Crippen molar-refractivity contribution in [2.45, 2.75) is 0 Å². The number of rotatable bonds is 0. The molecule has 0 atom stereocenters. The Hall–Kier alpha value is -0.0905. The van der Waals surface area contributed by atoms with Crippen molar-refractivity contribution >= 4 is 30.5 Å². The van der Waals surface area contributed by atoms with Crippen LogP contribution < -0.4 is 0 Å². The molecule has 0 saturated carbocycles. The molecule has 0 aliphatic carbocycles. The van der Waals surface area contributed by atoms with Gasteiger partial charge in [0, 0.05) is 0 Å². The van der Waals surface area contributed by atoms with Gasteiger partial charge in [-0.1, -0.05) is 0 Å². The van der Waals surface area contributed by atoms with Crippen molar-refractivity contribution in [1.29, 1.82) is 0 Å². The van der Waals surface area contributed by atoms with Crippen LogP contribution in [-0.2, 0) is 0 Å². The molecule has 0 saturated heterocycles. The van der Waals surface area contributed by atoms with E-state index in [0.29, 0.717) is 0 Å². The van der Waals surface area contributed by atoms with Gasteiger partial charge in [-0.25, -0.2) is 0 Å². The molecule has 2 aromatic rings. The molecule has 2 rings (SSSR count). The Balaban J connectivity index is 2.95. The Bertz CT molecular complexity index is 283. The van der Waals surface area contributed by atoms with Crippen LogP contribution in [0.5, 0.6) is 0 Å². The van der Waals surface area contributed by atoms with Gasteiger partial charge in [0.15, 0.2) is 0 Å². The molecule has 0 unspecified atom stereocenters. The number of benzene rings is 1. The fraction of sp³-hybridized carbons (Fsp3) is 0. The average molecular weight is 199 g/mol. The monoisotopic (exact) mass is 200 g/mol. The van der Waals surface area contributed by atoms with Crippen molar-refractivity contribution in [2.24, 2.45) is 0 Å². The Labute approximate surface area is 61.0 Å². The summed E-state index contributed by atoms with van der Waals surface area (Å²) in [4.78, 5) is 0. The minimum atomic E-state index is 0.719. The van der Waals surface area contributed by atoms with Crippen LogP contribution >= 0.6 is 6.85 Å². The van der Waals surface area contributed by atoms with Crippen molar-refractivity contribution < 1.29 is 0 Å². The molecule has 0 bridgehead atoms. The first-order chi connectivity index (χ1) is 4.47. The van der Waals surface area contributed by atoms with E-state index in [2.05, 4.69) is 30.1 Å². The summed E-state index contributed by atoms with van der Waals surface area (Å²) in [5.74, 6) is 2.30. The molecular formula is C7H5PSe. The number of hydrogen-bond donors (Lipinski definition) is 0. The summed E-state index contributed by atoms with van der Waals surface area (Å²) < 4.78 is 1.56. The molecule has 0 nitrogen and oxygen atoms in total. The van der Waals surface area contributed by atoms with Crippen molar-refractivity contribution in [3.63, 3.8) is 0 Å². The summed E-state index contributed by atoms with van der Waals surface area (Å²) in [5, 5.41) is 1.46. The van der Waals surface area contributed by atoms with Gasteiger partial charge in [-0.2, -0.15) is 0 Å². The molecule has 0 radical (unpaired) electrons. The van der Waals surface area contributed by atoms with Crippen LogP contribution in [-0.4, -0.2) is 14.0 Å². The number of fused-ring (bicyclic) bond motifs is 1. The molecule has 0 amide bonds. The van der Waals surface area contributed by atoms with Gasteiger partial charge in [0.1, 0.15) is 0 Å². The second-order valence-electron chi connectivity index (χ2n) is 1.86. The molecule has 1 heterocycles. The first kappa shape index (κ1) is 5.68. The number of hydrogen-bond acceptors (Lipinski definition) is 0. The van der Waals surface area contributed by atoms with Crippen molar-refractivity contribution in [3.8, 4) is 0 Å². The summed E-state index contributed by atoms with van der Waals surface area (Å²) in [5.41, 5.74) is 0. The molecule has 2 heteroatoms. The Morgan fingerprint density at radius 1 is 1.22 bits per heavy atom. The quantitative estimate of drug-likeness (QED) is 0.571. The predicted octanol–water partition coefficient (Wildman–Crippen LogP) is 2.48. The van der Waals surface area contributed by atoms with E-state index in [-0.39, 0.29) is 0 Å². The van der Waals surface area contributed by atoms with E-state index in [1.807, 2.05) is 0 Å². The second kappa shape index (κ2) is 2.27. The van der Waals surface area contributed by atoms with E-state index in [1.54, 1.807) is 4.26 Å². The SMILES string of the molecule is c1ccc2[se]pcc2c1. The Kier molecular flexibility index (Phi) is 1.43. The molecule has 0 aliphatic rings. The van der Waals surface area contributed by atoms with Gasteiger partial charge < -0.3 is 0 Å². The molecule has 0 N–H and O–H groups in total. The van der Waals surface area contributed by atoms with Crippen molar-refractivity contribution in [1.82, 2.24) is 0 Å². The van der Waals surface area contributed by atoms with Gasteiger partial charge in [0.2, 0.25) is 0 Å². The topological polar surface area (TPSA) is 0 Å². The van der Waals surface area contributed by atoms with Crippen LogP contribution in [0.2, 0.25) is 0 Å². The van der Waals surface area contributed by atoms with E-state index in [9.17, 15) is 0 Å². The summed E-state index contributed by atoms with van der Waals surface area (Å²) in [6.07, 6.45) is 0. The predicted molar refractivity (Wildman–Crippen MR) is 43.4 cm³/mol. The minimum absolute atomic E-state index is 0.719. The molecule has 0 spiro atoms. The Morgan fingerprint density at radius 2 is 2.11 bits per heavy atom. The third kappa shape index (κ3) is 0.966. The Morgan fingerprint density at radius 3 is 3.00 bits per heavy atom. The van der Waals surface area contributed by atoms with E-state index in [4.69, 9.17) is 0 Å². The van der Waals surface area contributed by atoms with Crippen molar-refractivity contribution in [3.05, 3.63) is 30.1 Å². The molecule has 1 aromatic carbocycles. The van der Waals surface area contributed by atoms with Crippen LogP contribution in [0.15, 0.2) is 30.1 Å². The van der Waals surface area contributed by atoms with Gasteiger partial charge in [-0.05, 0) is 0 Å². The van der Waals surface area contributed by atoms with E-state index in [0.717, 1.165) is 14.0 Å². The van der Waals surface area contributed by atoms with Crippen LogP contribution in [0.1, 0.15) is 0 Å². The summed E-state index contributed by atoms with van der Waals surface area (Å²) in [7, 11) is 0. The van der Waals surface area contributed by atoms with Crippen LogP contribution in [0.25, 0.3) is 9.65 Å². The van der Waals surface area contributed by atoms with E-state index in [1.165, 1.54) is 12.2 Å². The summed E-state index contributed by atoms with van der Waals surface area (Å²) in [6.45, 7) is 1.51. The normalized spacial score (nSPS) is 11.1. The average Bonchev–Trinajstić information content (AvgIpc) is 2.33. The van der Waals surface area contributed by atoms with Gasteiger partial charge in [-0.3, -0.25) is 0 Å². The zero-order valence-corrected chi connectivity index (χ0v) is 7.35. The van der Waals surface area contributed by atoms with Crippen molar-refractivity contribution in [2.75, 3.05) is 0 Å². The standard InChI is InChI=1S/C7H5PSe/c1-2-4-7-6(3-1)5-8-9-7/h1-5H. The fourth-order valence-electron chi connectivity index (χ4n) is 0.810. The summed E-state index contributed by atoms with van der Waals surface area (Å²) in [6, 6.07) is 8.64. The zero-order valence-electron chi connectivity index (χ0n) is 4.74. The molecule has 1 aromatic heterocycles. The van der Waals surface area contributed by atoms with Gasteiger partial charge in [-0.15, -0.1) is 0 Å². The third-order valence-electron chi connectivity index (χ3n) is 1.26. The van der Waals surface area contributed by atoms with Crippen LogP contribution in [0.3, 0.4) is 0 Å². The second-order valence-corrected chi connectivity index (χ2v) is 5.91. The van der Waals surface area contributed by atoms with E-state index >= 15 is 0 Å². The third-order valence-corrected chi connectivity index (χ3v) is 5.29. The van der Waals surface area contributed by atoms with Gasteiger partial charge in [0.05, 0.1) is 0 Å². The zero-order chi connectivity index (χ0) is 6.10. The maximum absolute atomic E-state index is 2.30. The van der Waals surface area contributed by atoms with E-state index < -0.39 is 0 Å².